The standard InChI is InChI=1S/C17H14N6O2/c24-16-13-8-18-15-12(9-19-23(15)17(25)20-10-6-7-10)14(13)21-22(16)11-4-2-1-3-5-11/h1-5,8-10,18H,6-7H2,(H,20,25). The van der Waals surface area contributed by atoms with Crippen molar-refractivity contribution in [1.29, 1.82) is 0 Å². The van der Waals surface area contributed by atoms with Crippen LogP contribution in [-0.4, -0.2) is 36.6 Å². The summed E-state index contributed by atoms with van der Waals surface area (Å²) >= 11 is 0. The Kier molecular flexibility index (Phi) is 2.81. The van der Waals surface area contributed by atoms with E-state index in [1.54, 1.807) is 12.4 Å². The highest BCUT2D eigenvalue weighted by molar-refractivity contribution is 5.95. The Morgan fingerprint density at radius 3 is 2.80 bits per heavy atom. The first-order valence-corrected chi connectivity index (χ1v) is 8.07. The van der Waals surface area contributed by atoms with Gasteiger partial charge in [-0.1, -0.05) is 18.2 Å². The number of carbonyl (C=O) groups excluding carboxylic acids is 1. The lowest BCUT2D eigenvalue weighted by atomic mass is 10.2. The second-order valence-electron chi connectivity index (χ2n) is 6.15. The van der Waals surface area contributed by atoms with E-state index >= 15 is 0 Å². The topological polar surface area (TPSA) is 97.6 Å². The predicted molar refractivity (Wildman–Crippen MR) is 91.0 cm³/mol. The van der Waals surface area contributed by atoms with Gasteiger partial charge in [0.25, 0.3) is 5.56 Å². The number of nitrogens with zero attached hydrogens (tertiary/aromatic N) is 4. The molecule has 8 heteroatoms. The third-order valence-electron chi connectivity index (χ3n) is 4.35. The molecule has 25 heavy (non-hydrogen) atoms. The van der Waals surface area contributed by atoms with Gasteiger partial charge in [-0.3, -0.25) is 4.79 Å². The van der Waals surface area contributed by atoms with Crippen LogP contribution in [0.1, 0.15) is 12.8 Å². The summed E-state index contributed by atoms with van der Waals surface area (Å²) in [6, 6.07) is 9.18. The maximum Gasteiger partial charge on any atom is 0.344 e. The smallest absolute Gasteiger partial charge is 0.344 e. The van der Waals surface area contributed by atoms with Gasteiger partial charge in [-0.25, -0.2) is 4.79 Å². The minimum atomic E-state index is -0.280. The minimum absolute atomic E-state index is 0.213. The highest BCUT2D eigenvalue weighted by Gasteiger charge is 2.26. The van der Waals surface area contributed by atoms with Crippen molar-refractivity contribution in [2.75, 3.05) is 0 Å². The lowest BCUT2D eigenvalue weighted by molar-refractivity contribution is 0.240. The molecule has 1 fully saturated rings. The van der Waals surface area contributed by atoms with Crippen LogP contribution in [0.15, 0.2) is 47.5 Å². The summed E-state index contributed by atoms with van der Waals surface area (Å²) in [6.45, 7) is 0. The second-order valence-corrected chi connectivity index (χ2v) is 6.15. The van der Waals surface area contributed by atoms with E-state index < -0.39 is 0 Å². The van der Waals surface area contributed by atoms with E-state index in [0.29, 0.717) is 28.0 Å². The van der Waals surface area contributed by atoms with Gasteiger partial charge in [0.15, 0.2) is 0 Å². The number of H-pyrrole nitrogens is 1. The predicted octanol–water partition coefficient (Wildman–Crippen LogP) is 1.74. The summed E-state index contributed by atoms with van der Waals surface area (Å²) in [5.41, 5.74) is 1.97. The van der Waals surface area contributed by atoms with Crippen LogP contribution < -0.4 is 10.9 Å². The first kappa shape index (κ1) is 14.0. The fourth-order valence-electron chi connectivity index (χ4n) is 2.91. The van der Waals surface area contributed by atoms with Gasteiger partial charge >= 0.3 is 6.03 Å². The van der Waals surface area contributed by atoms with Crippen LogP contribution in [0.4, 0.5) is 4.79 Å². The molecule has 0 bridgehead atoms. The van der Waals surface area contributed by atoms with Gasteiger partial charge < -0.3 is 10.3 Å². The Labute approximate surface area is 141 Å². The molecule has 0 saturated heterocycles. The molecule has 5 rings (SSSR count). The summed E-state index contributed by atoms with van der Waals surface area (Å²) in [5, 5.41) is 12.1. The quantitative estimate of drug-likeness (QED) is 0.583. The Hall–Kier alpha value is -3.42. The number of aromatic nitrogens is 5. The lowest BCUT2D eigenvalue weighted by Gasteiger charge is -2.04. The number of amides is 1. The van der Waals surface area contributed by atoms with Gasteiger partial charge in [0, 0.05) is 12.2 Å². The van der Waals surface area contributed by atoms with Crippen molar-refractivity contribution in [3.8, 4) is 16.9 Å². The third-order valence-corrected chi connectivity index (χ3v) is 4.35. The third kappa shape index (κ3) is 2.14. The number of hydrogen-bond acceptors (Lipinski definition) is 4. The van der Waals surface area contributed by atoms with Crippen molar-refractivity contribution in [3.63, 3.8) is 0 Å². The maximum atomic E-state index is 12.6. The number of fused-ring (bicyclic) bond motifs is 3. The summed E-state index contributed by atoms with van der Waals surface area (Å²) in [5.74, 6) is 0. The number of aromatic amines is 1. The molecule has 0 unspecified atom stereocenters. The van der Waals surface area contributed by atoms with E-state index in [4.69, 9.17) is 0 Å². The van der Waals surface area contributed by atoms with Gasteiger partial charge in [0.05, 0.1) is 22.8 Å². The molecule has 1 aromatic carbocycles. The SMILES string of the molecule is O=C(NC1CC1)n1ncc2c3nn(-c4ccccc4)c(=O)c-3c[nH]c21. The zero-order valence-corrected chi connectivity index (χ0v) is 13.1. The Bertz CT molecular complexity index is 1120. The van der Waals surface area contributed by atoms with Crippen molar-refractivity contribution in [2.45, 2.75) is 18.9 Å². The molecule has 124 valence electrons. The van der Waals surface area contributed by atoms with Crippen LogP contribution in [0.5, 0.6) is 0 Å². The van der Waals surface area contributed by atoms with Crippen molar-refractivity contribution >= 4 is 17.1 Å². The highest BCUT2D eigenvalue weighted by atomic mass is 16.2. The molecule has 2 N–H and O–H groups in total. The Morgan fingerprint density at radius 2 is 2.04 bits per heavy atom. The molecule has 8 nitrogen and oxygen atoms in total. The minimum Gasteiger partial charge on any atom is -0.345 e. The molecule has 0 atom stereocenters. The number of hydrogen-bond donors (Lipinski definition) is 2. The normalized spacial score (nSPS) is 14.2. The molecule has 1 aromatic heterocycles. The van der Waals surface area contributed by atoms with Crippen LogP contribution in [0.25, 0.3) is 28.0 Å². The molecule has 1 saturated carbocycles. The zero-order valence-electron chi connectivity index (χ0n) is 13.1. The number of rotatable bonds is 2. The maximum absolute atomic E-state index is 12.6. The van der Waals surface area contributed by atoms with Crippen LogP contribution in [0, 0.1) is 0 Å². The number of para-hydroxylation sites is 1. The van der Waals surface area contributed by atoms with Crippen LogP contribution in [0.2, 0.25) is 0 Å². The van der Waals surface area contributed by atoms with E-state index in [-0.39, 0.29) is 17.6 Å². The highest BCUT2D eigenvalue weighted by Crippen LogP contribution is 2.26. The molecule has 2 aliphatic heterocycles. The van der Waals surface area contributed by atoms with E-state index in [2.05, 4.69) is 20.5 Å². The van der Waals surface area contributed by atoms with Crippen molar-refractivity contribution in [3.05, 3.63) is 53.1 Å². The summed E-state index contributed by atoms with van der Waals surface area (Å²) in [6.07, 6.45) is 5.14. The van der Waals surface area contributed by atoms with Crippen molar-refractivity contribution < 1.29 is 4.79 Å². The first-order chi connectivity index (χ1) is 12.2. The fraction of sp³-hybridized carbons (Fsp3) is 0.176. The number of benzene rings is 1. The average Bonchev–Trinajstić information content (AvgIpc) is 3.23. The molecule has 3 heterocycles. The molecular formula is C17H14N6O2. The van der Waals surface area contributed by atoms with Gasteiger partial charge in [-0.15, -0.1) is 0 Å². The van der Waals surface area contributed by atoms with Crippen LogP contribution in [-0.2, 0) is 0 Å². The van der Waals surface area contributed by atoms with E-state index in [0.717, 1.165) is 12.8 Å². The lowest BCUT2D eigenvalue weighted by Crippen LogP contribution is -2.31. The van der Waals surface area contributed by atoms with Crippen LogP contribution >= 0.6 is 0 Å². The van der Waals surface area contributed by atoms with Crippen LogP contribution in [0.3, 0.4) is 0 Å². The molecule has 3 aliphatic rings. The van der Waals surface area contributed by atoms with Crippen molar-refractivity contribution in [1.82, 2.24) is 29.9 Å². The summed E-state index contributed by atoms with van der Waals surface area (Å²) in [7, 11) is 0. The van der Waals surface area contributed by atoms with Gasteiger partial charge in [0.1, 0.15) is 11.3 Å². The second kappa shape index (κ2) is 5.04. The zero-order chi connectivity index (χ0) is 17.0. The summed E-state index contributed by atoms with van der Waals surface area (Å²) < 4.78 is 2.64. The van der Waals surface area contributed by atoms with E-state index in [1.165, 1.54) is 9.36 Å². The van der Waals surface area contributed by atoms with E-state index in [1.807, 2.05) is 30.3 Å². The van der Waals surface area contributed by atoms with Gasteiger partial charge in [-0.05, 0) is 25.0 Å². The fourth-order valence-corrected chi connectivity index (χ4v) is 2.91. The molecule has 1 aliphatic carbocycles. The number of carbonyl (C=O) groups is 1. The largest absolute Gasteiger partial charge is 0.345 e. The molecule has 1 amide bonds. The van der Waals surface area contributed by atoms with Gasteiger partial charge in [-0.2, -0.15) is 19.6 Å². The monoisotopic (exact) mass is 334 g/mol. The number of nitrogens with one attached hydrogen (secondary N) is 2. The van der Waals surface area contributed by atoms with Gasteiger partial charge in [0.2, 0.25) is 0 Å². The Balaban J connectivity index is 1.68. The average molecular weight is 334 g/mol. The molecule has 2 aromatic rings. The first-order valence-electron chi connectivity index (χ1n) is 8.07. The van der Waals surface area contributed by atoms with E-state index in [9.17, 15) is 9.59 Å². The molecular weight excluding hydrogens is 320 g/mol. The number of pyridine rings is 1. The Morgan fingerprint density at radius 1 is 1.24 bits per heavy atom. The molecule has 0 spiro atoms. The summed E-state index contributed by atoms with van der Waals surface area (Å²) in [4.78, 5) is 27.9. The molecule has 0 radical (unpaired) electrons. The van der Waals surface area contributed by atoms with Crippen molar-refractivity contribution in [2.24, 2.45) is 0 Å².